The van der Waals surface area contributed by atoms with E-state index in [2.05, 4.69) is 48.7 Å². The first-order chi connectivity index (χ1) is 7.10. The van der Waals surface area contributed by atoms with Crippen molar-refractivity contribution in [1.82, 2.24) is 9.80 Å². The summed E-state index contributed by atoms with van der Waals surface area (Å²) in [7, 11) is 0. The fourth-order valence-corrected chi connectivity index (χ4v) is 2.26. The zero-order valence-electron chi connectivity index (χ0n) is 10.5. The zero-order valence-corrected chi connectivity index (χ0v) is 11.3. The molecule has 0 fully saturated rings. The van der Waals surface area contributed by atoms with Gasteiger partial charge < -0.3 is 4.90 Å². The molecule has 1 aliphatic rings. The van der Waals surface area contributed by atoms with E-state index in [1.165, 1.54) is 5.17 Å². The minimum atomic E-state index is 0.561. The van der Waals surface area contributed by atoms with Gasteiger partial charge in [-0.25, -0.2) is 4.99 Å². The van der Waals surface area contributed by atoms with Crippen LogP contribution in [0.25, 0.3) is 0 Å². The molecule has 1 rings (SSSR count). The Bertz CT molecular complexity index is 228. The van der Waals surface area contributed by atoms with Crippen LogP contribution in [0.3, 0.4) is 0 Å². The molecule has 0 saturated heterocycles. The third kappa shape index (κ3) is 3.11. The van der Waals surface area contributed by atoms with Crippen LogP contribution in [0.1, 0.15) is 27.7 Å². The first kappa shape index (κ1) is 12.8. The minimum absolute atomic E-state index is 0.561. The molecule has 1 unspecified atom stereocenters. The van der Waals surface area contributed by atoms with Crippen molar-refractivity contribution in [2.45, 2.75) is 33.7 Å². The van der Waals surface area contributed by atoms with Gasteiger partial charge in [0.05, 0.1) is 13.3 Å². The van der Waals surface area contributed by atoms with Crippen molar-refractivity contribution >= 4 is 16.9 Å². The standard InChI is InChI=1S/C11H23N3S/c1-6-13-7-12-11(15-5)14(8-13)10(4)9(2)3/h9-10H,6-8H2,1-5H3. The number of aliphatic imine (C=N–C) groups is 1. The minimum Gasteiger partial charge on any atom is -0.335 e. The molecule has 0 saturated carbocycles. The molecule has 0 spiro atoms. The second kappa shape index (κ2) is 5.75. The van der Waals surface area contributed by atoms with Gasteiger partial charge in [0.25, 0.3) is 0 Å². The van der Waals surface area contributed by atoms with Crippen LogP contribution in [-0.2, 0) is 0 Å². The Morgan fingerprint density at radius 1 is 1.40 bits per heavy atom. The molecule has 0 bridgehead atoms. The molecule has 88 valence electrons. The summed E-state index contributed by atoms with van der Waals surface area (Å²) in [5, 5.41) is 1.20. The predicted molar refractivity (Wildman–Crippen MR) is 69.2 cm³/mol. The van der Waals surface area contributed by atoms with E-state index in [0.717, 1.165) is 19.9 Å². The summed E-state index contributed by atoms with van der Waals surface area (Å²) in [4.78, 5) is 9.40. The van der Waals surface area contributed by atoms with Crippen molar-refractivity contribution in [3.8, 4) is 0 Å². The normalized spacial score (nSPS) is 20.7. The van der Waals surface area contributed by atoms with Gasteiger partial charge in [0.1, 0.15) is 0 Å². The Labute approximate surface area is 97.9 Å². The summed E-state index contributed by atoms with van der Waals surface area (Å²) in [6.07, 6.45) is 2.11. The van der Waals surface area contributed by atoms with Gasteiger partial charge in [-0.3, -0.25) is 4.90 Å². The van der Waals surface area contributed by atoms with Crippen LogP contribution in [0, 0.1) is 5.92 Å². The van der Waals surface area contributed by atoms with Gasteiger partial charge in [0, 0.05) is 6.04 Å². The molecule has 4 heteroatoms. The molecule has 0 aliphatic carbocycles. The van der Waals surface area contributed by atoms with Gasteiger partial charge >= 0.3 is 0 Å². The van der Waals surface area contributed by atoms with Crippen molar-refractivity contribution in [3.05, 3.63) is 0 Å². The number of rotatable bonds is 3. The number of hydrogen-bond acceptors (Lipinski definition) is 4. The molecule has 0 amide bonds. The molecular weight excluding hydrogens is 206 g/mol. The highest BCUT2D eigenvalue weighted by molar-refractivity contribution is 8.13. The lowest BCUT2D eigenvalue weighted by Crippen LogP contribution is -2.50. The molecule has 1 aliphatic heterocycles. The summed E-state index contributed by atoms with van der Waals surface area (Å²) in [6, 6.07) is 0.561. The quantitative estimate of drug-likeness (QED) is 0.740. The smallest absolute Gasteiger partial charge is 0.161 e. The summed E-state index contributed by atoms with van der Waals surface area (Å²) >= 11 is 1.76. The van der Waals surface area contributed by atoms with E-state index in [-0.39, 0.29) is 0 Å². The van der Waals surface area contributed by atoms with Gasteiger partial charge in [-0.15, -0.1) is 0 Å². The molecule has 0 N–H and O–H groups in total. The fourth-order valence-electron chi connectivity index (χ4n) is 1.62. The number of thioether (sulfide) groups is 1. The lowest BCUT2D eigenvalue weighted by molar-refractivity contribution is 0.137. The van der Waals surface area contributed by atoms with E-state index in [0.29, 0.717) is 12.0 Å². The zero-order chi connectivity index (χ0) is 11.4. The number of hydrogen-bond donors (Lipinski definition) is 0. The lowest BCUT2D eigenvalue weighted by atomic mass is 10.1. The Morgan fingerprint density at radius 2 is 2.07 bits per heavy atom. The van der Waals surface area contributed by atoms with Crippen molar-refractivity contribution in [1.29, 1.82) is 0 Å². The van der Waals surface area contributed by atoms with Crippen LogP contribution < -0.4 is 0 Å². The van der Waals surface area contributed by atoms with Crippen LogP contribution >= 0.6 is 11.8 Å². The summed E-state index contributed by atoms with van der Waals surface area (Å²) in [6.45, 7) is 12.0. The molecule has 0 radical (unpaired) electrons. The molecule has 0 aromatic carbocycles. The maximum atomic E-state index is 4.62. The first-order valence-corrected chi connectivity index (χ1v) is 6.90. The highest BCUT2D eigenvalue weighted by atomic mass is 32.2. The Kier molecular flexibility index (Phi) is 4.93. The third-order valence-corrected chi connectivity index (χ3v) is 3.82. The van der Waals surface area contributed by atoms with Crippen molar-refractivity contribution < 1.29 is 0 Å². The molecule has 15 heavy (non-hydrogen) atoms. The van der Waals surface area contributed by atoms with Crippen LogP contribution in [0.15, 0.2) is 4.99 Å². The average molecular weight is 229 g/mol. The van der Waals surface area contributed by atoms with E-state index < -0.39 is 0 Å². The molecule has 0 aromatic rings. The second-order valence-corrected chi connectivity index (χ2v) is 5.14. The highest BCUT2D eigenvalue weighted by Crippen LogP contribution is 2.19. The topological polar surface area (TPSA) is 18.8 Å². The van der Waals surface area contributed by atoms with Gasteiger partial charge in [-0.2, -0.15) is 0 Å². The Hall–Kier alpha value is -0.220. The second-order valence-electron chi connectivity index (χ2n) is 4.37. The monoisotopic (exact) mass is 229 g/mol. The maximum absolute atomic E-state index is 4.62. The van der Waals surface area contributed by atoms with E-state index in [1.807, 2.05) is 0 Å². The lowest BCUT2D eigenvalue weighted by Gasteiger charge is -2.40. The van der Waals surface area contributed by atoms with Gasteiger partial charge in [0.2, 0.25) is 0 Å². The largest absolute Gasteiger partial charge is 0.335 e. The van der Waals surface area contributed by atoms with Crippen molar-refractivity contribution in [2.75, 3.05) is 26.1 Å². The highest BCUT2D eigenvalue weighted by Gasteiger charge is 2.25. The van der Waals surface area contributed by atoms with E-state index in [1.54, 1.807) is 11.8 Å². The third-order valence-electron chi connectivity index (χ3n) is 3.09. The van der Waals surface area contributed by atoms with E-state index >= 15 is 0 Å². The summed E-state index contributed by atoms with van der Waals surface area (Å²) in [5.41, 5.74) is 0. The van der Waals surface area contributed by atoms with Gasteiger partial charge in [-0.1, -0.05) is 32.5 Å². The van der Waals surface area contributed by atoms with Crippen molar-refractivity contribution in [2.24, 2.45) is 10.9 Å². The maximum Gasteiger partial charge on any atom is 0.161 e. The Balaban J connectivity index is 2.74. The van der Waals surface area contributed by atoms with Crippen molar-refractivity contribution in [3.63, 3.8) is 0 Å². The predicted octanol–water partition coefficient (Wildman–Crippen LogP) is 2.30. The van der Waals surface area contributed by atoms with E-state index in [4.69, 9.17) is 0 Å². The van der Waals surface area contributed by atoms with Crippen LogP contribution in [0.4, 0.5) is 0 Å². The van der Waals surface area contributed by atoms with Gasteiger partial charge in [0.15, 0.2) is 5.17 Å². The number of amidine groups is 1. The summed E-state index contributed by atoms with van der Waals surface area (Å²) in [5.74, 6) is 0.666. The van der Waals surface area contributed by atoms with Crippen LogP contribution in [0.2, 0.25) is 0 Å². The SMILES string of the molecule is CCN1CN=C(SC)N(C(C)C(C)C)C1. The Morgan fingerprint density at radius 3 is 2.53 bits per heavy atom. The van der Waals surface area contributed by atoms with E-state index in [9.17, 15) is 0 Å². The average Bonchev–Trinajstić information content (AvgIpc) is 2.27. The number of nitrogens with zero attached hydrogens (tertiary/aromatic N) is 3. The molecule has 1 heterocycles. The molecular formula is C11H23N3S. The van der Waals surface area contributed by atoms with Gasteiger partial charge in [-0.05, 0) is 25.6 Å². The van der Waals surface area contributed by atoms with Crippen LogP contribution in [-0.4, -0.2) is 47.1 Å². The summed E-state index contributed by atoms with van der Waals surface area (Å²) < 4.78 is 0. The van der Waals surface area contributed by atoms with Crippen LogP contribution in [0.5, 0.6) is 0 Å². The first-order valence-electron chi connectivity index (χ1n) is 5.67. The molecule has 3 nitrogen and oxygen atoms in total. The molecule has 1 atom stereocenters. The fraction of sp³-hybridized carbons (Fsp3) is 0.909. The molecule has 0 aromatic heterocycles.